The third kappa shape index (κ3) is 4.00. The van der Waals surface area contributed by atoms with Crippen molar-refractivity contribution in [3.05, 3.63) is 42.1 Å². The highest BCUT2D eigenvalue weighted by Crippen LogP contribution is 2.36. The van der Waals surface area contributed by atoms with E-state index < -0.39 is 18.2 Å². The van der Waals surface area contributed by atoms with E-state index in [1.807, 2.05) is 0 Å². The highest BCUT2D eigenvalue weighted by Gasteiger charge is 2.39. The van der Waals surface area contributed by atoms with Crippen LogP contribution in [0.5, 0.6) is 5.75 Å². The van der Waals surface area contributed by atoms with Crippen LogP contribution in [0.1, 0.15) is 25.3 Å². The Morgan fingerprint density at radius 1 is 1.28 bits per heavy atom. The molecule has 1 saturated carbocycles. The summed E-state index contributed by atoms with van der Waals surface area (Å²) in [6.45, 7) is 1.77. The SMILES string of the molecule is COc1ccc(-c2nnc(NC3CC(C)(O)C3)n3cccc23)c(CC(F)(F)F)c1. The third-order valence-electron chi connectivity index (χ3n) is 5.13. The van der Waals surface area contributed by atoms with Crippen molar-refractivity contribution in [3.8, 4) is 17.0 Å². The summed E-state index contributed by atoms with van der Waals surface area (Å²) in [6.07, 6.45) is -2.50. The minimum absolute atomic E-state index is 0.0672. The monoisotopic (exact) mass is 406 g/mol. The largest absolute Gasteiger partial charge is 0.497 e. The molecule has 2 heterocycles. The number of nitrogens with one attached hydrogen (secondary N) is 1. The predicted molar refractivity (Wildman–Crippen MR) is 102 cm³/mol. The average Bonchev–Trinajstić information content (AvgIpc) is 3.09. The van der Waals surface area contributed by atoms with E-state index in [1.54, 1.807) is 41.8 Å². The van der Waals surface area contributed by atoms with Crippen LogP contribution in [0.3, 0.4) is 0 Å². The Morgan fingerprint density at radius 2 is 2.03 bits per heavy atom. The highest BCUT2D eigenvalue weighted by molar-refractivity contribution is 5.80. The number of rotatable bonds is 5. The quantitative estimate of drug-likeness (QED) is 0.674. The van der Waals surface area contributed by atoms with E-state index in [-0.39, 0.29) is 11.6 Å². The molecule has 0 spiro atoms. The zero-order valence-corrected chi connectivity index (χ0v) is 16.0. The molecule has 0 saturated heterocycles. The minimum atomic E-state index is -4.37. The van der Waals surface area contributed by atoms with Gasteiger partial charge in [-0.2, -0.15) is 13.2 Å². The second-order valence-electron chi connectivity index (χ2n) is 7.70. The van der Waals surface area contributed by atoms with Crippen LogP contribution in [0.15, 0.2) is 36.5 Å². The van der Waals surface area contributed by atoms with Crippen molar-refractivity contribution in [2.75, 3.05) is 12.4 Å². The van der Waals surface area contributed by atoms with Gasteiger partial charge in [0, 0.05) is 17.8 Å². The Morgan fingerprint density at radius 3 is 2.69 bits per heavy atom. The highest BCUT2D eigenvalue weighted by atomic mass is 19.4. The maximum absolute atomic E-state index is 13.1. The first-order valence-electron chi connectivity index (χ1n) is 9.22. The van der Waals surface area contributed by atoms with E-state index in [1.165, 1.54) is 13.2 Å². The molecule has 29 heavy (non-hydrogen) atoms. The summed E-state index contributed by atoms with van der Waals surface area (Å²) in [5, 5.41) is 21.6. The van der Waals surface area contributed by atoms with Gasteiger partial charge in [-0.15, -0.1) is 10.2 Å². The molecule has 0 amide bonds. The van der Waals surface area contributed by atoms with Crippen molar-refractivity contribution in [1.29, 1.82) is 0 Å². The minimum Gasteiger partial charge on any atom is -0.497 e. The lowest BCUT2D eigenvalue weighted by atomic mass is 9.77. The molecule has 1 aliphatic rings. The van der Waals surface area contributed by atoms with Crippen LogP contribution in [-0.4, -0.2) is 44.6 Å². The molecule has 2 aromatic heterocycles. The number of benzene rings is 1. The Balaban J connectivity index is 1.74. The number of ether oxygens (including phenoxy) is 1. The fourth-order valence-electron chi connectivity index (χ4n) is 3.82. The molecule has 0 radical (unpaired) electrons. The van der Waals surface area contributed by atoms with E-state index in [0.717, 1.165) is 0 Å². The second kappa shape index (κ2) is 6.91. The summed E-state index contributed by atoms with van der Waals surface area (Å²) in [4.78, 5) is 0. The van der Waals surface area contributed by atoms with Crippen LogP contribution in [0.4, 0.5) is 19.1 Å². The molecular weight excluding hydrogens is 385 g/mol. The Labute approximate surface area is 165 Å². The van der Waals surface area contributed by atoms with Crippen molar-refractivity contribution in [2.24, 2.45) is 0 Å². The topological polar surface area (TPSA) is 71.7 Å². The second-order valence-corrected chi connectivity index (χ2v) is 7.70. The number of hydrogen-bond donors (Lipinski definition) is 2. The van der Waals surface area contributed by atoms with Gasteiger partial charge in [0.15, 0.2) is 0 Å². The van der Waals surface area contributed by atoms with Gasteiger partial charge in [0.25, 0.3) is 0 Å². The maximum atomic E-state index is 13.1. The summed E-state index contributed by atoms with van der Waals surface area (Å²) >= 11 is 0. The van der Waals surface area contributed by atoms with Gasteiger partial charge in [0.05, 0.1) is 24.6 Å². The van der Waals surface area contributed by atoms with Crippen LogP contribution in [0, 0.1) is 0 Å². The number of anilines is 1. The molecule has 0 unspecified atom stereocenters. The molecule has 154 valence electrons. The number of nitrogens with zero attached hydrogens (tertiary/aromatic N) is 3. The lowest BCUT2D eigenvalue weighted by Crippen LogP contribution is -2.48. The molecule has 1 aromatic carbocycles. The van der Waals surface area contributed by atoms with E-state index in [4.69, 9.17) is 4.74 Å². The number of aliphatic hydroxyl groups is 1. The molecule has 0 atom stereocenters. The van der Waals surface area contributed by atoms with Gasteiger partial charge in [-0.05, 0) is 55.7 Å². The molecule has 3 aromatic rings. The Kier molecular flexibility index (Phi) is 4.65. The number of methoxy groups -OCH3 is 1. The van der Waals surface area contributed by atoms with Crippen LogP contribution >= 0.6 is 0 Å². The van der Waals surface area contributed by atoms with E-state index in [0.29, 0.717) is 41.3 Å². The van der Waals surface area contributed by atoms with E-state index >= 15 is 0 Å². The predicted octanol–water partition coefficient (Wildman–Crippen LogP) is 3.84. The van der Waals surface area contributed by atoms with Gasteiger partial charge in [-0.25, -0.2) is 0 Å². The molecule has 0 bridgehead atoms. The van der Waals surface area contributed by atoms with Crippen LogP contribution in [0.2, 0.25) is 0 Å². The molecular formula is C20H21F3N4O2. The summed E-state index contributed by atoms with van der Waals surface area (Å²) in [7, 11) is 1.41. The summed E-state index contributed by atoms with van der Waals surface area (Å²) < 4.78 is 46.2. The number of aromatic nitrogens is 3. The van der Waals surface area contributed by atoms with Crippen molar-refractivity contribution < 1.29 is 23.0 Å². The van der Waals surface area contributed by atoms with Crippen LogP contribution < -0.4 is 10.1 Å². The normalized spacial score (nSPS) is 21.8. The standard InChI is InChI=1S/C20H21F3N4O2/c1-19(28)10-13(11-19)24-18-26-25-17(16-4-3-7-27(16)18)15-6-5-14(29-2)8-12(15)9-20(21,22)23/h3-8,13,28H,9-11H2,1-2H3,(H,24,26). The smallest absolute Gasteiger partial charge is 0.393 e. The molecule has 1 aliphatic carbocycles. The Bertz CT molecular complexity index is 1040. The summed E-state index contributed by atoms with van der Waals surface area (Å²) in [6, 6.07) is 8.21. The van der Waals surface area contributed by atoms with E-state index in [9.17, 15) is 18.3 Å². The third-order valence-corrected chi connectivity index (χ3v) is 5.13. The molecule has 2 N–H and O–H groups in total. The lowest BCUT2D eigenvalue weighted by Gasteiger charge is -2.41. The summed E-state index contributed by atoms with van der Waals surface area (Å²) in [5.74, 6) is 0.836. The zero-order chi connectivity index (χ0) is 20.8. The first-order valence-corrected chi connectivity index (χ1v) is 9.22. The van der Waals surface area contributed by atoms with Gasteiger partial charge in [-0.1, -0.05) is 0 Å². The molecule has 0 aliphatic heterocycles. The lowest BCUT2D eigenvalue weighted by molar-refractivity contribution is -0.127. The van der Waals surface area contributed by atoms with Crippen molar-refractivity contribution in [3.63, 3.8) is 0 Å². The van der Waals surface area contributed by atoms with Gasteiger partial charge in [0.2, 0.25) is 5.95 Å². The summed E-state index contributed by atoms with van der Waals surface area (Å²) in [5.41, 5.74) is 0.754. The first-order chi connectivity index (χ1) is 13.6. The van der Waals surface area contributed by atoms with Crippen LogP contribution in [0.25, 0.3) is 16.8 Å². The number of fused-ring (bicyclic) bond motifs is 1. The molecule has 6 nitrogen and oxygen atoms in total. The first kappa shape index (κ1) is 19.5. The number of hydrogen-bond acceptors (Lipinski definition) is 5. The van der Waals surface area contributed by atoms with Crippen molar-refractivity contribution in [1.82, 2.24) is 14.6 Å². The van der Waals surface area contributed by atoms with Crippen molar-refractivity contribution in [2.45, 2.75) is 44.0 Å². The Hall–Kier alpha value is -2.81. The van der Waals surface area contributed by atoms with Crippen molar-refractivity contribution >= 4 is 11.5 Å². The van der Waals surface area contributed by atoms with Gasteiger partial charge in [0.1, 0.15) is 11.4 Å². The van der Waals surface area contributed by atoms with E-state index in [2.05, 4.69) is 15.5 Å². The van der Waals surface area contributed by atoms with Crippen LogP contribution in [-0.2, 0) is 6.42 Å². The zero-order valence-electron chi connectivity index (χ0n) is 16.0. The molecule has 9 heteroatoms. The van der Waals surface area contributed by atoms with Gasteiger partial charge >= 0.3 is 6.18 Å². The van der Waals surface area contributed by atoms with Gasteiger partial charge < -0.3 is 15.2 Å². The fourth-order valence-corrected chi connectivity index (χ4v) is 3.82. The fraction of sp³-hybridized carbons (Fsp3) is 0.400. The maximum Gasteiger partial charge on any atom is 0.393 e. The molecule has 1 fully saturated rings. The number of halogens is 3. The number of alkyl halides is 3. The molecule has 4 rings (SSSR count). The average molecular weight is 406 g/mol. The van der Waals surface area contributed by atoms with Gasteiger partial charge in [-0.3, -0.25) is 4.40 Å².